The standard InChI is InChI=1S/C11H19N3O2/c1-8(10-5-11(12)13-16-10)6-14-3-4-15-9(2)7-14/h5,8-9H,3-4,6-7H2,1-2H3,(H2,12,13). The lowest BCUT2D eigenvalue weighted by molar-refractivity contribution is -0.0202. The van der Waals surface area contributed by atoms with Crippen LogP contribution in [0.5, 0.6) is 0 Å². The minimum atomic E-state index is 0.315. The van der Waals surface area contributed by atoms with Crippen molar-refractivity contribution in [3.8, 4) is 0 Å². The summed E-state index contributed by atoms with van der Waals surface area (Å²) in [7, 11) is 0. The van der Waals surface area contributed by atoms with Crippen LogP contribution in [0.15, 0.2) is 10.6 Å². The molecule has 0 saturated carbocycles. The van der Waals surface area contributed by atoms with Gasteiger partial charge in [-0.05, 0) is 6.92 Å². The molecule has 16 heavy (non-hydrogen) atoms. The molecule has 1 saturated heterocycles. The molecule has 1 aromatic rings. The van der Waals surface area contributed by atoms with Crippen molar-refractivity contribution >= 4 is 5.82 Å². The molecular formula is C11H19N3O2. The van der Waals surface area contributed by atoms with E-state index >= 15 is 0 Å². The van der Waals surface area contributed by atoms with Crippen LogP contribution in [-0.2, 0) is 4.74 Å². The zero-order chi connectivity index (χ0) is 11.5. The van der Waals surface area contributed by atoms with Crippen LogP contribution in [0.25, 0.3) is 0 Å². The van der Waals surface area contributed by atoms with Crippen LogP contribution in [0, 0.1) is 0 Å². The highest BCUT2D eigenvalue weighted by atomic mass is 16.5. The minimum absolute atomic E-state index is 0.315. The Bertz CT molecular complexity index is 340. The van der Waals surface area contributed by atoms with Crippen LogP contribution < -0.4 is 5.73 Å². The van der Waals surface area contributed by atoms with E-state index in [2.05, 4.69) is 23.9 Å². The van der Waals surface area contributed by atoms with E-state index < -0.39 is 0 Å². The van der Waals surface area contributed by atoms with Crippen molar-refractivity contribution in [3.05, 3.63) is 11.8 Å². The Labute approximate surface area is 95.5 Å². The molecular weight excluding hydrogens is 206 g/mol. The van der Waals surface area contributed by atoms with E-state index in [4.69, 9.17) is 15.0 Å². The summed E-state index contributed by atoms with van der Waals surface area (Å²) in [6, 6.07) is 1.80. The molecule has 0 bridgehead atoms. The minimum Gasteiger partial charge on any atom is -0.381 e. The summed E-state index contributed by atoms with van der Waals surface area (Å²) in [5.41, 5.74) is 5.53. The van der Waals surface area contributed by atoms with Gasteiger partial charge in [-0.1, -0.05) is 12.1 Å². The molecule has 90 valence electrons. The smallest absolute Gasteiger partial charge is 0.167 e. The number of morpholine rings is 1. The van der Waals surface area contributed by atoms with Crippen molar-refractivity contribution in [2.45, 2.75) is 25.9 Å². The average Bonchev–Trinajstić information content (AvgIpc) is 2.65. The Morgan fingerprint density at radius 1 is 1.69 bits per heavy atom. The molecule has 2 unspecified atom stereocenters. The number of anilines is 1. The fraction of sp³-hybridized carbons (Fsp3) is 0.727. The van der Waals surface area contributed by atoms with E-state index in [1.807, 2.05) is 0 Å². The van der Waals surface area contributed by atoms with E-state index in [1.54, 1.807) is 6.07 Å². The second kappa shape index (κ2) is 4.84. The van der Waals surface area contributed by atoms with Gasteiger partial charge in [0.25, 0.3) is 0 Å². The number of nitrogen functional groups attached to an aromatic ring is 1. The molecule has 1 aromatic heterocycles. The molecule has 2 heterocycles. The molecule has 1 fully saturated rings. The Morgan fingerprint density at radius 2 is 2.50 bits per heavy atom. The average molecular weight is 225 g/mol. The number of nitrogens with two attached hydrogens (primary N) is 1. The maximum Gasteiger partial charge on any atom is 0.167 e. The summed E-state index contributed by atoms with van der Waals surface area (Å²) in [4.78, 5) is 2.39. The lowest BCUT2D eigenvalue weighted by atomic mass is 10.1. The van der Waals surface area contributed by atoms with Crippen LogP contribution in [0.2, 0.25) is 0 Å². The van der Waals surface area contributed by atoms with Gasteiger partial charge in [0.1, 0.15) is 5.76 Å². The van der Waals surface area contributed by atoms with Gasteiger partial charge < -0.3 is 15.0 Å². The van der Waals surface area contributed by atoms with Gasteiger partial charge in [0.05, 0.1) is 12.7 Å². The normalized spacial score (nSPS) is 24.5. The second-order valence-corrected chi connectivity index (χ2v) is 4.50. The summed E-state index contributed by atoms with van der Waals surface area (Å²) in [6.45, 7) is 7.96. The van der Waals surface area contributed by atoms with Gasteiger partial charge in [0.2, 0.25) is 0 Å². The van der Waals surface area contributed by atoms with E-state index in [9.17, 15) is 0 Å². The number of aromatic nitrogens is 1. The summed E-state index contributed by atoms with van der Waals surface area (Å²) in [5, 5.41) is 3.71. The summed E-state index contributed by atoms with van der Waals surface area (Å²) >= 11 is 0. The number of hydrogen-bond donors (Lipinski definition) is 1. The molecule has 0 aliphatic carbocycles. The molecule has 0 spiro atoms. The van der Waals surface area contributed by atoms with Gasteiger partial charge in [-0.15, -0.1) is 0 Å². The predicted octanol–water partition coefficient (Wildman–Crippen LogP) is 1.08. The molecule has 2 atom stereocenters. The predicted molar refractivity (Wildman–Crippen MR) is 61.2 cm³/mol. The first kappa shape index (κ1) is 11.4. The Morgan fingerprint density at radius 3 is 3.12 bits per heavy atom. The van der Waals surface area contributed by atoms with Crippen LogP contribution in [0.1, 0.15) is 25.5 Å². The fourth-order valence-electron chi connectivity index (χ4n) is 2.07. The highest BCUT2D eigenvalue weighted by molar-refractivity contribution is 5.27. The van der Waals surface area contributed by atoms with E-state index in [1.165, 1.54) is 0 Å². The van der Waals surface area contributed by atoms with Crippen LogP contribution >= 0.6 is 0 Å². The number of nitrogens with zero attached hydrogens (tertiary/aromatic N) is 2. The third kappa shape index (κ3) is 2.74. The van der Waals surface area contributed by atoms with Gasteiger partial charge in [-0.3, -0.25) is 4.90 Å². The molecule has 2 N–H and O–H groups in total. The monoisotopic (exact) mass is 225 g/mol. The third-order valence-electron chi connectivity index (χ3n) is 2.89. The molecule has 0 amide bonds. The summed E-state index contributed by atoms with van der Waals surface area (Å²) in [6.07, 6.45) is 0.320. The fourth-order valence-corrected chi connectivity index (χ4v) is 2.07. The van der Waals surface area contributed by atoms with Crippen molar-refractivity contribution < 1.29 is 9.26 Å². The van der Waals surface area contributed by atoms with Crippen molar-refractivity contribution in [2.24, 2.45) is 0 Å². The largest absolute Gasteiger partial charge is 0.381 e. The Balaban J connectivity index is 1.89. The zero-order valence-electron chi connectivity index (χ0n) is 9.85. The number of rotatable bonds is 3. The molecule has 1 aliphatic rings. The maximum atomic E-state index is 5.53. The third-order valence-corrected chi connectivity index (χ3v) is 2.89. The van der Waals surface area contributed by atoms with E-state index in [0.29, 0.717) is 17.8 Å². The highest BCUT2D eigenvalue weighted by Gasteiger charge is 2.20. The first-order valence-electron chi connectivity index (χ1n) is 5.71. The number of hydrogen-bond acceptors (Lipinski definition) is 5. The summed E-state index contributed by atoms with van der Waals surface area (Å²) in [5.74, 6) is 1.63. The molecule has 0 aromatic carbocycles. The highest BCUT2D eigenvalue weighted by Crippen LogP contribution is 2.19. The van der Waals surface area contributed by atoms with Crippen molar-refractivity contribution in [2.75, 3.05) is 32.0 Å². The molecule has 5 nitrogen and oxygen atoms in total. The molecule has 1 aliphatic heterocycles. The van der Waals surface area contributed by atoms with Crippen molar-refractivity contribution in [1.29, 1.82) is 0 Å². The van der Waals surface area contributed by atoms with Gasteiger partial charge in [-0.25, -0.2) is 0 Å². The Hall–Kier alpha value is -1.07. The molecule has 5 heteroatoms. The molecule has 0 radical (unpaired) electrons. The van der Waals surface area contributed by atoms with Gasteiger partial charge in [-0.2, -0.15) is 0 Å². The first-order chi connectivity index (χ1) is 7.65. The lowest BCUT2D eigenvalue weighted by Gasteiger charge is -2.32. The lowest BCUT2D eigenvalue weighted by Crippen LogP contribution is -2.42. The maximum absolute atomic E-state index is 5.53. The second-order valence-electron chi connectivity index (χ2n) is 4.50. The topological polar surface area (TPSA) is 64.5 Å². The van der Waals surface area contributed by atoms with Gasteiger partial charge in [0, 0.05) is 31.6 Å². The quantitative estimate of drug-likeness (QED) is 0.834. The zero-order valence-corrected chi connectivity index (χ0v) is 9.85. The summed E-state index contributed by atoms with van der Waals surface area (Å²) < 4.78 is 10.7. The van der Waals surface area contributed by atoms with Gasteiger partial charge >= 0.3 is 0 Å². The van der Waals surface area contributed by atoms with Crippen LogP contribution in [0.4, 0.5) is 5.82 Å². The Kier molecular flexibility index (Phi) is 3.46. The van der Waals surface area contributed by atoms with E-state index in [-0.39, 0.29) is 0 Å². The van der Waals surface area contributed by atoms with Crippen LogP contribution in [0.3, 0.4) is 0 Å². The van der Waals surface area contributed by atoms with E-state index in [0.717, 1.165) is 32.0 Å². The molecule has 2 rings (SSSR count). The van der Waals surface area contributed by atoms with Gasteiger partial charge in [0.15, 0.2) is 5.82 Å². The van der Waals surface area contributed by atoms with Crippen LogP contribution in [-0.4, -0.2) is 42.4 Å². The SMILES string of the molecule is CC1CN(CC(C)c2cc(N)no2)CCO1. The first-order valence-corrected chi connectivity index (χ1v) is 5.71. The van der Waals surface area contributed by atoms with Crippen molar-refractivity contribution in [1.82, 2.24) is 10.1 Å². The van der Waals surface area contributed by atoms with Crippen molar-refractivity contribution in [3.63, 3.8) is 0 Å². The number of ether oxygens (including phenoxy) is 1.